The summed E-state index contributed by atoms with van der Waals surface area (Å²) >= 11 is 0. The molecule has 0 saturated carbocycles. The van der Waals surface area contributed by atoms with Gasteiger partial charge in [-0.15, -0.1) is 0 Å². The van der Waals surface area contributed by atoms with Gasteiger partial charge in [0.25, 0.3) is 0 Å². The van der Waals surface area contributed by atoms with E-state index in [0.29, 0.717) is 0 Å². The molecule has 2 spiro atoms. The highest BCUT2D eigenvalue weighted by Gasteiger charge is 2.53. The Hall–Kier alpha value is -7.74. The maximum absolute atomic E-state index is 7.12. The molecule has 1 aliphatic heterocycles. The zero-order chi connectivity index (χ0) is 39.9. The molecule has 0 unspecified atom stereocenters. The first-order valence-electron chi connectivity index (χ1n) is 21.3. The highest BCUT2D eigenvalue weighted by Crippen LogP contribution is 2.66. The van der Waals surface area contributed by atoms with E-state index < -0.39 is 10.8 Å². The van der Waals surface area contributed by atoms with E-state index in [2.05, 4.69) is 218 Å². The van der Waals surface area contributed by atoms with E-state index >= 15 is 0 Å². The molecular formula is C60H36O. The second kappa shape index (κ2) is 11.9. The van der Waals surface area contributed by atoms with Gasteiger partial charge in [-0.25, -0.2) is 0 Å². The van der Waals surface area contributed by atoms with Crippen molar-refractivity contribution in [3.63, 3.8) is 0 Å². The molecule has 0 fully saturated rings. The van der Waals surface area contributed by atoms with E-state index in [0.717, 1.165) is 16.9 Å². The Kier molecular flexibility index (Phi) is 6.48. The maximum Gasteiger partial charge on any atom is 0.140 e. The first kappa shape index (κ1) is 33.1. The highest BCUT2D eigenvalue weighted by atomic mass is 16.5. The highest BCUT2D eigenvalue weighted by molar-refractivity contribution is 6.08. The molecule has 0 radical (unpaired) electrons. The van der Waals surface area contributed by atoms with Crippen molar-refractivity contribution in [2.75, 3.05) is 0 Å². The third-order valence-corrected chi connectivity index (χ3v) is 14.4. The summed E-state index contributed by atoms with van der Waals surface area (Å²) in [7, 11) is 0. The molecule has 0 N–H and O–H groups in total. The van der Waals surface area contributed by atoms with Gasteiger partial charge in [-0.05, 0) is 107 Å². The van der Waals surface area contributed by atoms with Gasteiger partial charge in [0.15, 0.2) is 0 Å². The van der Waals surface area contributed by atoms with Crippen molar-refractivity contribution in [2.24, 2.45) is 0 Å². The molecule has 0 amide bonds. The van der Waals surface area contributed by atoms with E-state index in [-0.39, 0.29) is 0 Å². The van der Waals surface area contributed by atoms with E-state index in [1.807, 2.05) is 0 Å². The summed E-state index contributed by atoms with van der Waals surface area (Å²) in [5.41, 5.74) is 22.0. The molecule has 61 heavy (non-hydrogen) atoms. The molecule has 4 aliphatic rings. The lowest BCUT2D eigenvalue weighted by molar-refractivity contribution is 0.442. The molecule has 0 aromatic heterocycles. The zero-order valence-corrected chi connectivity index (χ0v) is 33.2. The predicted molar refractivity (Wildman–Crippen MR) is 248 cm³/mol. The van der Waals surface area contributed by atoms with Crippen molar-refractivity contribution in [3.8, 4) is 67.1 Å². The monoisotopic (exact) mass is 772 g/mol. The third kappa shape index (κ3) is 3.97. The van der Waals surface area contributed by atoms with Crippen LogP contribution in [0.4, 0.5) is 0 Å². The maximum atomic E-state index is 7.12. The Morgan fingerprint density at radius 1 is 0.246 bits per heavy atom. The van der Waals surface area contributed by atoms with Crippen molar-refractivity contribution < 1.29 is 4.74 Å². The first-order valence-corrected chi connectivity index (χ1v) is 21.3. The lowest BCUT2D eigenvalue weighted by atomic mass is 9.65. The molecule has 282 valence electrons. The van der Waals surface area contributed by atoms with E-state index in [1.54, 1.807) is 0 Å². The molecule has 10 aromatic rings. The Labute approximate surface area is 354 Å². The molecule has 14 rings (SSSR count). The second-order valence-electron chi connectivity index (χ2n) is 16.9. The third-order valence-electron chi connectivity index (χ3n) is 14.4. The van der Waals surface area contributed by atoms with E-state index in [1.165, 1.54) is 106 Å². The van der Waals surface area contributed by atoms with Crippen LogP contribution in [0.3, 0.4) is 0 Å². The molecule has 0 atom stereocenters. The summed E-state index contributed by atoms with van der Waals surface area (Å²) < 4.78 is 7.12. The van der Waals surface area contributed by atoms with Crippen LogP contribution in [0.2, 0.25) is 0 Å². The molecule has 0 bridgehead atoms. The van der Waals surface area contributed by atoms with Crippen LogP contribution in [0, 0.1) is 0 Å². The van der Waals surface area contributed by atoms with E-state index in [4.69, 9.17) is 4.74 Å². The summed E-state index contributed by atoms with van der Waals surface area (Å²) in [5, 5.41) is 2.29. The SMILES string of the molecule is c1ccc2c(c1)Oc1c(cc(-c3ccccc3-c3cccc4c3-c3ccccc3C43c4ccccc4-c4ccccc43)c3ccccc13)C21c2ccccc2-c2ccccc21. The van der Waals surface area contributed by atoms with Crippen LogP contribution in [-0.2, 0) is 10.8 Å². The van der Waals surface area contributed by atoms with Crippen molar-refractivity contribution in [1.29, 1.82) is 0 Å². The summed E-state index contributed by atoms with van der Waals surface area (Å²) in [6.45, 7) is 0. The van der Waals surface area contributed by atoms with Gasteiger partial charge in [-0.3, -0.25) is 0 Å². The smallest absolute Gasteiger partial charge is 0.140 e. The first-order chi connectivity index (χ1) is 30.3. The Morgan fingerprint density at radius 2 is 0.623 bits per heavy atom. The minimum absolute atomic E-state index is 0.414. The lowest BCUT2D eigenvalue weighted by Crippen LogP contribution is -2.32. The van der Waals surface area contributed by atoms with Crippen LogP contribution >= 0.6 is 0 Å². The van der Waals surface area contributed by atoms with Crippen LogP contribution in [0.1, 0.15) is 44.5 Å². The van der Waals surface area contributed by atoms with Crippen LogP contribution in [-0.4, -0.2) is 0 Å². The van der Waals surface area contributed by atoms with Crippen molar-refractivity contribution in [1.82, 2.24) is 0 Å². The van der Waals surface area contributed by atoms with E-state index in [9.17, 15) is 0 Å². The number of hydrogen-bond acceptors (Lipinski definition) is 1. The summed E-state index contributed by atoms with van der Waals surface area (Å²) in [5.74, 6) is 1.83. The standard InChI is InChI=1S/C60H36O/c1-2-19-38(37(18-1)44-27-17-34-54-57(44)46-26-9-14-32-52(46)59(54)48-28-10-5-21-40(48)41-22-6-11-29-49(41)59)47-36-55-58(45-25-4-3-20-39(45)47)61-56-35-16-15-33-53(56)60(55)50-30-12-7-23-42(50)43-24-8-13-31-51(43)60/h1-36H. The summed E-state index contributed by atoms with van der Waals surface area (Å²) in [6, 6.07) is 81.4. The quantitative estimate of drug-likeness (QED) is 0.170. The molecule has 1 heteroatoms. The number of para-hydroxylation sites is 1. The molecule has 0 saturated heterocycles. The molecule has 1 heterocycles. The number of hydrogen-bond donors (Lipinski definition) is 0. The van der Waals surface area contributed by atoms with Gasteiger partial charge in [0.1, 0.15) is 11.5 Å². The number of ether oxygens (including phenoxy) is 1. The largest absolute Gasteiger partial charge is 0.456 e. The minimum Gasteiger partial charge on any atom is -0.456 e. The number of benzene rings is 10. The van der Waals surface area contributed by atoms with Gasteiger partial charge in [0, 0.05) is 16.5 Å². The Morgan fingerprint density at radius 3 is 1.20 bits per heavy atom. The van der Waals surface area contributed by atoms with Gasteiger partial charge in [-0.1, -0.05) is 206 Å². The molecular weight excluding hydrogens is 737 g/mol. The van der Waals surface area contributed by atoms with Gasteiger partial charge < -0.3 is 4.74 Å². The van der Waals surface area contributed by atoms with Gasteiger partial charge >= 0.3 is 0 Å². The predicted octanol–water partition coefficient (Wildman–Crippen LogP) is 15.0. The fourth-order valence-corrected chi connectivity index (χ4v) is 12.2. The van der Waals surface area contributed by atoms with Crippen molar-refractivity contribution >= 4 is 10.8 Å². The molecule has 1 nitrogen and oxygen atoms in total. The average Bonchev–Trinajstić information content (AvgIpc) is 3.92. The van der Waals surface area contributed by atoms with Crippen LogP contribution in [0.25, 0.3) is 66.4 Å². The van der Waals surface area contributed by atoms with Crippen molar-refractivity contribution in [3.05, 3.63) is 263 Å². The normalized spacial score (nSPS) is 14.6. The minimum atomic E-state index is -0.576. The number of fused-ring (bicyclic) bond motifs is 21. The van der Waals surface area contributed by atoms with Crippen molar-refractivity contribution in [2.45, 2.75) is 10.8 Å². The summed E-state index contributed by atoms with van der Waals surface area (Å²) in [6.07, 6.45) is 0. The Bertz CT molecular complexity index is 3440. The van der Waals surface area contributed by atoms with Crippen LogP contribution in [0.15, 0.2) is 218 Å². The lowest BCUT2D eigenvalue weighted by Gasteiger charge is -2.40. The van der Waals surface area contributed by atoms with Gasteiger partial charge in [0.05, 0.1) is 10.8 Å². The van der Waals surface area contributed by atoms with Crippen LogP contribution < -0.4 is 4.74 Å². The van der Waals surface area contributed by atoms with Crippen LogP contribution in [0.5, 0.6) is 11.5 Å². The summed E-state index contributed by atoms with van der Waals surface area (Å²) in [4.78, 5) is 0. The average molecular weight is 773 g/mol. The topological polar surface area (TPSA) is 9.23 Å². The molecule has 3 aliphatic carbocycles. The number of rotatable bonds is 2. The Balaban J connectivity index is 1.08. The fraction of sp³-hybridized carbons (Fsp3) is 0.0333. The van der Waals surface area contributed by atoms with Gasteiger partial charge in [-0.2, -0.15) is 0 Å². The fourth-order valence-electron chi connectivity index (χ4n) is 12.2. The zero-order valence-electron chi connectivity index (χ0n) is 33.2. The van der Waals surface area contributed by atoms with Gasteiger partial charge in [0.2, 0.25) is 0 Å². The second-order valence-corrected chi connectivity index (χ2v) is 16.9. The molecule has 10 aromatic carbocycles.